The summed E-state index contributed by atoms with van der Waals surface area (Å²) in [6.07, 6.45) is 0. The lowest BCUT2D eigenvalue weighted by molar-refractivity contribution is 0.394. The maximum Gasteiger partial charge on any atom is 0.200 e. The first-order valence-electron chi connectivity index (χ1n) is 4.12. The van der Waals surface area contributed by atoms with E-state index in [4.69, 9.17) is 5.11 Å². The summed E-state index contributed by atoms with van der Waals surface area (Å²) in [4.78, 5) is 0. The minimum absolute atomic E-state index is 0.229. The first-order valence-corrected chi connectivity index (χ1v) is 4.91. The van der Waals surface area contributed by atoms with E-state index in [0.717, 1.165) is 0 Å². The molecule has 4 heteroatoms. The maximum absolute atomic E-state index is 13.5. The van der Waals surface area contributed by atoms with E-state index in [1.807, 2.05) is 0 Å². The molecule has 0 saturated heterocycles. The smallest absolute Gasteiger partial charge is 0.200 e. The lowest BCUT2D eigenvalue weighted by Crippen LogP contribution is -2.15. The van der Waals surface area contributed by atoms with Gasteiger partial charge in [0, 0.05) is 10.0 Å². The van der Waals surface area contributed by atoms with Gasteiger partial charge in [0.1, 0.15) is 0 Å². The average molecular weight is 265 g/mol. The Bertz CT molecular complexity index is 369. The quantitative estimate of drug-likeness (QED) is 0.708. The zero-order chi connectivity index (χ0) is 11.1. The molecule has 0 heterocycles. The van der Waals surface area contributed by atoms with E-state index >= 15 is 0 Å². The molecule has 0 unspecified atom stereocenters. The fraction of sp³-hybridized carbons (Fsp3) is 0.400. The maximum atomic E-state index is 13.5. The minimum atomic E-state index is -1.20. The monoisotopic (exact) mass is 264 g/mol. The number of rotatable bonds is 0. The third-order valence-electron chi connectivity index (χ3n) is 1.89. The predicted molar refractivity (Wildman–Crippen MR) is 54.4 cm³/mol. The molecule has 0 fully saturated rings. The van der Waals surface area contributed by atoms with E-state index in [9.17, 15) is 8.78 Å². The van der Waals surface area contributed by atoms with Gasteiger partial charge in [-0.15, -0.1) is 0 Å². The van der Waals surface area contributed by atoms with Gasteiger partial charge in [-0.3, -0.25) is 0 Å². The van der Waals surface area contributed by atoms with Crippen molar-refractivity contribution in [2.45, 2.75) is 26.2 Å². The second-order valence-corrected chi connectivity index (χ2v) is 4.98. The summed E-state index contributed by atoms with van der Waals surface area (Å²) in [6.45, 7) is 5.31. The molecule has 0 bridgehead atoms. The van der Waals surface area contributed by atoms with Gasteiger partial charge < -0.3 is 5.11 Å². The van der Waals surface area contributed by atoms with Gasteiger partial charge in [-0.25, -0.2) is 4.39 Å². The second-order valence-electron chi connectivity index (χ2n) is 4.13. The lowest BCUT2D eigenvalue weighted by atomic mass is 9.86. The Kier molecular flexibility index (Phi) is 2.86. The van der Waals surface area contributed by atoms with Gasteiger partial charge in [-0.05, 0) is 11.5 Å². The molecule has 0 aromatic heterocycles. The van der Waals surface area contributed by atoms with E-state index in [0.29, 0.717) is 4.47 Å². The number of aromatic hydroxyl groups is 1. The van der Waals surface area contributed by atoms with Crippen LogP contribution in [-0.4, -0.2) is 5.11 Å². The number of benzene rings is 1. The Balaban J connectivity index is 3.53. The molecule has 0 atom stereocenters. The summed E-state index contributed by atoms with van der Waals surface area (Å²) in [5, 5.41) is 9.03. The van der Waals surface area contributed by atoms with Crippen LogP contribution in [0.4, 0.5) is 8.78 Å². The van der Waals surface area contributed by atoms with E-state index in [1.165, 1.54) is 6.07 Å². The molecule has 14 heavy (non-hydrogen) atoms. The van der Waals surface area contributed by atoms with E-state index in [2.05, 4.69) is 15.9 Å². The van der Waals surface area contributed by atoms with E-state index in [-0.39, 0.29) is 5.56 Å². The van der Waals surface area contributed by atoms with Crippen LogP contribution in [0.1, 0.15) is 26.3 Å². The molecule has 0 radical (unpaired) electrons. The molecule has 0 amide bonds. The van der Waals surface area contributed by atoms with Crippen LogP contribution in [0.3, 0.4) is 0 Å². The Morgan fingerprint density at radius 2 is 1.71 bits per heavy atom. The molecular weight excluding hydrogens is 254 g/mol. The van der Waals surface area contributed by atoms with Crippen molar-refractivity contribution in [3.05, 3.63) is 27.7 Å². The van der Waals surface area contributed by atoms with Crippen molar-refractivity contribution in [3.8, 4) is 5.75 Å². The standard InChI is InChI=1S/C10H11BrF2O/c1-10(2,3)7-5(11)4-6(14)8(12)9(7)13/h4,14H,1-3H3. The zero-order valence-corrected chi connectivity index (χ0v) is 9.74. The fourth-order valence-electron chi connectivity index (χ4n) is 1.27. The normalized spacial score (nSPS) is 11.9. The van der Waals surface area contributed by atoms with Gasteiger partial charge in [0.25, 0.3) is 0 Å². The molecule has 0 aliphatic carbocycles. The van der Waals surface area contributed by atoms with Crippen molar-refractivity contribution in [2.75, 3.05) is 0 Å². The summed E-state index contributed by atoms with van der Waals surface area (Å²) in [7, 11) is 0. The molecule has 1 N–H and O–H groups in total. The lowest BCUT2D eigenvalue weighted by Gasteiger charge is -2.21. The van der Waals surface area contributed by atoms with Gasteiger partial charge in [-0.2, -0.15) is 4.39 Å². The number of halogens is 3. The van der Waals surface area contributed by atoms with Crippen molar-refractivity contribution in [3.63, 3.8) is 0 Å². The van der Waals surface area contributed by atoms with Gasteiger partial charge >= 0.3 is 0 Å². The molecule has 0 aliphatic heterocycles. The van der Waals surface area contributed by atoms with E-state index in [1.54, 1.807) is 20.8 Å². The molecular formula is C10H11BrF2O. The third kappa shape index (κ3) is 1.90. The Morgan fingerprint density at radius 3 is 2.14 bits per heavy atom. The number of phenolic OH excluding ortho intramolecular Hbond substituents is 1. The molecule has 1 rings (SSSR count). The molecule has 1 aromatic carbocycles. The largest absolute Gasteiger partial charge is 0.505 e. The molecule has 1 aromatic rings. The highest BCUT2D eigenvalue weighted by Gasteiger charge is 2.26. The Morgan fingerprint density at radius 1 is 1.21 bits per heavy atom. The van der Waals surface area contributed by atoms with Crippen LogP contribution < -0.4 is 0 Å². The van der Waals surface area contributed by atoms with Crippen molar-refractivity contribution in [2.24, 2.45) is 0 Å². The van der Waals surface area contributed by atoms with Crippen LogP contribution in [0.25, 0.3) is 0 Å². The SMILES string of the molecule is CC(C)(C)c1c(Br)cc(O)c(F)c1F. The summed E-state index contributed by atoms with van der Waals surface area (Å²) in [5.74, 6) is -2.87. The highest BCUT2D eigenvalue weighted by molar-refractivity contribution is 9.10. The highest BCUT2D eigenvalue weighted by atomic mass is 79.9. The molecule has 78 valence electrons. The van der Waals surface area contributed by atoms with Crippen LogP contribution >= 0.6 is 15.9 Å². The molecule has 0 saturated carbocycles. The predicted octanol–water partition coefficient (Wildman–Crippen LogP) is 3.73. The van der Waals surface area contributed by atoms with Crippen LogP contribution in [0.2, 0.25) is 0 Å². The first kappa shape index (κ1) is 11.4. The Labute approximate surface area is 89.9 Å². The van der Waals surface area contributed by atoms with Crippen LogP contribution in [0, 0.1) is 11.6 Å². The van der Waals surface area contributed by atoms with Crippen molar-refractivity contribution in [1.82, 2.24) is 0 Å². The van der Waals surface area contributed by atoms with Crippen LogP contribution in [0.5, 0.6) is 5.75 Å². The zero-order valence-electron chi connectivity index (χ0n) is 8.16. The molecule has 0 spiro atoms. The van der Waals surface area contributed by atoms with Gasteiger partial charge in [-0.1, -0.05) is 36.7 Å². The third-order valence-corrected chi connectivity index (χ3v) is 2.51. The minimum Gasteiger partial charge on any atom is -0.505 e. The first-order chi connectivity index (χ1) is 6.25. The van der Waals surface area contributed by atoms with E-state index < -0.39 is 22.8 Å². The number of hydrogen-bond donors (Lipinski definition) is 1. The number of phenols is 1. The van der Waals surface area contributed by atoms with Crippen molar-refractivity contribution in [1.29, 1.82) is 0 Å². The summed E-state index contributed by atoms with van der Waals surface area (Å²) < 4.78 is 26.9. The summed E-state index contributed by atoms with van der Waals surface area (Å²) in [6, 6.07) is 1.17. The second kappa shape index (κ2) is 3.50. The molecule has 1 nitrogen and oxygen atoms in total. The summed E-state index contributed by atoms with van der Waals surface area (Å²) >= 11 is 3.10. The average Bonchev–Trinajstić information content (AvgIpc) is 1.97. The summed E-state index contributed by atoms with van der Waals surface area (Å²) in [5.41, 5.74) is -0.287. The van der Waals surface area contributed by atoms with Crippen LogP contribution in [0.15, 0.2) is 10.5 Å². The van der Waals surface area contributed by atoms with Gasteiger partial charge in [0.05, 0.1) is 0 Å². The number of hydrogen-bond acceptors (Lipinski definition) is 1. The van der Waals surface area contributed by atoms with Gasteiger partial charge in [0.15, 0.2) is 11.6 Å². The topological polar surface area (TPSA) is 20.2 Å². The Hall–Kier alpha value is -0.640. The van der Waals surface area contributed by atoms with Gasteiger partial charge in [0.2, 0.25) is 5.82 Å². The highest BCUT2D eigenvalue weighted by Crippen LogP contribution is 2.36. The van der Waals surface area contributed by atoms with Crippen molar-refractivity contribution >= 4 is 15.9 Å². The fourth-order valence-corrected chi connectivity index (χ4v) is 2.26. The van der Waals surface area contributed by atoms with Crippen molar-refractivity contribution < 1.29 is 13.9 Å². The van der Waals surface area contributed by atoms with Crippen LogP contribution in [-0.2, 0) is 5.41 Å². The molecule has 0 aliphatic rings.